The molecule has 0 spiro atoms. The number of aliphatic imine (C=N–C) groups is 1. The number of likely N-dealkylation sites (tertiary alicyclic amines) is 1. The van der Waals surface area contributed by atoms with E-state index in [9.17, 15) is 14.3 Å². The van der Waals surface area contributed by atoms with Crippen molar-refractivity contribution in [3.8, 4) is 0 Å². The number of hydrogen-bond acceptors (Lipinski definition) is 4. The lowest BCUT2D eigenvalue weighted by Gasteiger charge is -2.33. The van der Waals surface area contributed by atoms with Crippen molar-refractivity contribution in [3.63, 3.8) is 0 Å². The summed E-state index contributed by atoms with van der Waals surface area (Å²) in [5.41, 5.74) is 5.96. The van der Waals surface area contributed by atoms with E-state index < -0.39 is 11.6 Å². The molecule has 2 atom stereocenters. The largest absolute Gasteiger partial charge is 0.458 e. The first-order valence-corrected chi connectivity index (χ1v) is 11.2. The van der Waals surface area contributed by atoms with Crippen LogP contribution in [0.2, 0.25) is 0 Å². The highest BCUT2D eigenvalue weighted by molar-refractivity contribution is 5.82. The molecule has 1 aliphatic carbocycles. The number of aliphatic hydroxyl groups is 1. The maximum atomic E-state index is 13.2. The Labute approximate surface area is 187 Å². The van der Waals surface area contributed by atoms with E-state index in [1.807, 2.05) is 23.1 Å². The summed E-state index contributed by atoms with van der Waals surface area (Å²) < 4.78 is 18.9. The van der Waals surface area contributed by atoms with E-state index in [1.165, 1.54) is 12.1 Å². The number of carbonyl (C=O) groups is 1. The van der Waals surface area contributed by atoms with Crippen molar-refractivity contribution >= 4 is 11.9 Å². The first kappa shape index (κ1) is 22.3. The zero-order valence-corrected chi connectivity index (χ0v) is 18.1. The number of nitrogens with zero attached hydrogens (tertiary/aromatic N) is 2. The summed E-state index contributed by atoms with van der Waals surface area (Å²) in [6, 6.07) is 15.3. The second-order valence-corrected chi connectivity index (χ2v) is 8.68. The van der Waals surface area contributed by atoms with Crippen LogP contribution in [0.4, 0.5) is 4.39 Å². The van der Waals surface area contributed by atoms with E-state index in [0.717, 1.165) is 31.2 Å². The number of hydrogen-bond donors (Lipinski definition) is 2. The lowest BCUT2D eigenvalue weighted by molar-refractivity contribution is -0.178. The number of carbonyl (C=O) groups excluding carboxylic acids is 1. The van der Waals surface area contributed by atoms with Crippen LogP contribution >= 0.6 is 0 Å². The molecule has 7 heteroatoms. The molecule has 1 saturated carbocycles. The molecule has 1 heterocycles. The van der Waals surface area contributed by atoms with Crippen LogP contribution in [-0.2, 0) is 21.7 Å². The van der Waals surface area contributed by atoms with Crippen LogP contribution in [0.1, 0.15) is 43.2 Å². The fourth-order valence-corrected chi connectivity index (χ4v) is 4.69. The van der Waals surface area contributed by atoms with Crippen LogP contribution in [0.3, 0.4) is 0 Å². The maximum Gasteiger partial charge on any atom is 0.343 e. The molecule has 1 saturated heterocycles. The average Bonchev–Trinajstić information content (AvgIpc) is 3.51. The van der Waals surface area contributed by atoms with Crippen molar-refractivity contribution in [3.05, 3.63) is 71.5 Å². The minimum Gasteiger partial charge on any atom is -0.458 e. The van der Waals surface area contributed by atoms with Crippen molar-refractivity contribution in [1.29, 1.82) is 0 Å². The topological polar surface area (TPSA) is 88.1 Å². The van der Waals surface area contributed by atoms with E-state index >= 15 is 0 Å². The van der Waals surface area contributed by atoms with E-state index in [-0.39, 0.29) is 17.8 Å². The summed E-state index contributed by atoms with van der Waals surface area (Å²) in [6.45, 7) is 1.40. The molecule has 2 fully saturated rings. The highest BCUT2D eigenvalue weighted by atomic mass is 19.1. The van der Waals surface area contributed by atoms with Gasteiger partial charge in [-0.15, -0.1) is 0 Å². The van der Waals surface area contributed by atoms with Gasteiger partial charge in [0.05, 0.1) is 13.1 Å². The molecule has 32 heavy (non-hydrogen) atoms. The Morgan fingerprint density at radius 1 is 1.12 bits per heavy atom. The van der Waals surface area contributed by atoms with Crippen molar-refractivity contribution in [2.45, 2.75) is 50.4 Å². The number of rotatable bonds is 6. The van der Waals surface area contributed by atoms with Crippen molar-refractivity contribution in [2.75, 3.05) is 13.1 Å². The first-order chi connectivity index (χ1) is 15.5. The second kappa shape index (κ2) is 9.69. The highest BCUT2D eigenvalue weighted by Gasteiger charge is 2.48. The fraction of sp³-hybridized carbons (Fsp3) is 0.440. The molecule has 0 aromatic heterocycles. The maximum absolute atomic E-state index is 13.2. The van der Waals surface area contributed by atoms with Gasteiger partial charge in [-0.2, -0.15) is 0 Å². The Bertz CT molecular complexity index is 945. The molecular formula is C25H30FN3O3. The van der Waals surface area contributed by atoms with Crippen molar-refractivity contribution in [1.82, 2.24) is 4.90 Å². The third-order valence-electron chi connectivity index (χ3n) is 6.55. The Hall–Kier alpha value is -2.93. The number of benzene rings is 2. The van der Waals surface area contributed by atoms with Gasteiger partial charge in [0.15, 0.2) is 11.6 Å². The third-order valence-corrected chi connectivity index (χ3v) is 6.55. The standard InChI is InChI=1S/C25H30FN3O3/c26-21-12-10-18(11-13-21)16-28-24(27)29-15-14-22(17-29)32-23(30)25(31,20-8-4-5-9-20)19-6-2-1-3-7-19/h1-3,6-7,10-13,20,22,31H,4-5,8-9,14-17H2,(H2,27,28)/t22-,25+/m1/s1. The first-order valence-electron chi connectivity index (χ1n) is 11.2. The molecule has 4 rings (SSSR count). The van der Waals surface area contributed by atoms with Crippen LogP contribution in [0, 0.1) is 11.7 Å². The predicted octanol–water partition coefficient (Wildman–Crippen LogP) is 3.34. The normalized spacial score (nSPS) is 21.5. The summed E-state index contributed by atoms with van der Waals surface area (Å²) in [7, 11) is 0. The Morgan fingerprint density at radius 3 is 2.50 bits per heavy atom. The Balaban J connectivity index is 1.39. The smallest absolute Gasteiger partial charge is 0.343 e. The van der Waals surface area contributed by atoms with E-state index in [4.69, 9.17) is 10.5 Å². The summed E-state index contributed by atoms with van der Waals surface area (Å²) in [6.07, 6.45) is 3.88. The van der Waals surface area contributed by atoms with Crippen LogP contribution < -0.4 is 5.73 Å². The van der Waals surface area contributed by atoms with Crippen LogP contribution in [0.5, 0.6) is 0 Å². The van der Waals surface area contributed by atoms with Gasteiger partial charge in [-0.3, -0.25) is 0 Å². The van der Waals surface area contributed by atoms with Crippen LogP contribution in [0.25, 0.3) is 0 Å². The van der Waals surface area contributed by atoms with Gasteiger partial charge in [-0.05, 0) is 36.1 Å². The van der Waals surface area contributed by atoms with Gasteiger partial charge in [0.2, 0.25) is 0 Å². The molecule has 2 aromatic rings. The van der Waals surface area contributed by atoms with Crippen LogP contribution in [-0.4, -0.2) is 41.1 Å². The average molecular weight is 440 g/mol. The number of ether oxygens (including phenoxy) is 1. The Morgan fingerprint density at radius 2 is 1.81 bits per heavy atom. The van der Waals surface area contributed by atoms with E-state index in [2.05, 4.69) is 4.99 Å². The molecule has 0 unspecified atom stereocenters. The third kappa shape index (κ3) is 4.78. The highest BCUT2D eigenvalue weighted by Crippen LogP contribution is 2.41. The molecule has 0 amide bonds. The van der Waals surface area contributed by atoms with Crippen molar-refractivity contribution in [2.24, 2.45) is 16.6 Å². The molecular weight excluding hydrogens is 409 g/mol. The molecule has 3 N–H and O–H groups in total. The molecule has 0 radical (unpaired) electrons. The summed E-state index contributed by atoms with van der Waals surface area (Å²) in [5.74, 6) is -0.647. The molecule has 6 nitrogen and oxygen atoms in total. The zero-order chi connectivity index (χ0) is 22.6. The molecule has 2 aliphatic rings. The monoisotopic (exact) mass is 439 g/mol. The second-order valence-electron chi connectivity index (χ2n) is 8.68. The SMILES string of the molecule is NC(=NCc1ccc(F)cc1)N1CC[C@@H](OC(=O)[C@](O)(c2ccccc2)C2CCCC2)C1. The number of guanidine groups is 1. The van der Waals surface area contributed by atoms with Crippen molar-refractivity contribution < 1.29 is 19.0 Å². The molecule has 1 aliphatic heterocycles. The molecule has 170 valence electrons. The van der Waals surface area contributed by atoms with E-state index in [1.54, 1.807) is 24.3 Å². The Kier molecular flexibility index (Phi) is 6.74. The lowest BCUT2D eigenvalue weighted by Crippen LogP contribution is -2.45. The summed E-state index contributed by atoms with van der Waals surface area (Å²) in [4.78, 5) is 19.5. The van der Waals surface area contributed by atoms with Crippen LogP contribution in [0.15, 0.2) is 59.6 Å². The van der Waals surface area contributed by atoms with E-state index in [0.29, 0.717) is 37.6 Å². The van der Waals surface area contributed by atoms with Gasteiger partial charge in [-0.1, -0.05) is 55.3 Å². The minimum absolute atomic E-state index is 0.141. The van der Waals surface area contributed by atoms with Gasteiger partial charge in [-0.25, -0.2) is 14.2 Å². The summed E-state index contributed by atoms with van der Waals surface area (Å²) in [5, 5.41) is 11.6. The number of halogens is 1. The zero-order valence-electron chi connectivity index (χ0n) is 18.1. The van der Waals surface area contributed by atoms with Gasteiger partial charge in [0.1, 0.15) is 11.9 Å². The molecule has 2 aromatic carbocycles. The summed E-state index contributed by atoms with van der Waals surface area (Å²) >= 11 is 0. The minimum atomic E-state index is -1.63. The fourth-order valence-electron chi connectivity index (χ4n) is 4.69. The number of nitrogens with two attached hydrogens (primary N) is 1. The van der Waals surface area contributed by atoms with Gasteiger partial charge >= 0.3 is 5.97 Å². The predicted molar refractivity (Wildman–Crippen MR) is 120 cm³/mol. The van der Waals surface area contributed by atoms with Gasteiger partial charge in [0, 0.05) is 18.9 Å². The number of esters is 1. The lowest BCUT2D eigenvalue weighted by atomic mass is 9.80. The van der Waals surface area contributed by atoms with Gasteiger partial charge in [0.25, 0.3) is 0 Å². The van der Waals surface area contributed by atoms with Gasteiger partial charge < -0.3 is 20.5 Å². The quantitative estimate of drug-likeness (QED) is 0.410. The molecule has 0 bridgehead atoms.